The molecular formula is C15H24N2O2. The van der Waals surface area contributed by atoms with Crippen LogP contribution in [0.1, 0.15) is 33.3 Å². The molecule has 0 aliphatic heterocycles. The minimum absolute atomic E-state index is 0.105. The minimum Gasteiger partial charge on any atom is -0.481 e. The van der Waals surface area contributed by atoms with Crippen molar-refractivity contribution in [2.45, 2.75) is 45.9 Å². The lowest BCUT2D eigenvalue weighted by Crippen LogP contribution is -2.46. The standard InChI is InChI=1S/C15H24N2O2/c1-11(14(18)17-15(2,3)4)19-13-8-6-12(7-9-13)10-16-5/h6-9,11,16H,10H2,1-5H3,(H,17,18). The summed E-state index contributed by atoms with van der Waals surface area (Å²) in [6, 6.07) is 7.74. The predicted molar refractivity (Wildman–Crippen MR) is 77.2 cm³/mol. The molecule has 0 saturated carbocycles. The van der Waals surface area contributed by atoms with Crippen molar-refractivity contribution in [3.8, 4) is 5.75 Å². The monoisotopic (exact) mass is 264 g/mol. The van der Waals surface area contributed by atoms with E-state index < -0.39 is 6.10 Å². The van der Waals surface area contributed by atoms with Crippen molar-refractivity contribution in [3.05, 3.63) is 29.8 Å². The van der Waals surface area contributed by atoms with Gasteiger partial charge in [0.25, 0.3) is 5.91 Å². The summed E-state index contributed by atoms with van der Waals surface area (Å²) in [4.78, 5) is 11.9. The predicted octanol–water partition coefficient (Wildman–Crippen LogP) is 2.09. The first-order valence-electron chi connectivity index (χ1n) is 6.54. The fourth-order valence-electron chi connectivity index (χ4n) is 1.62. The molecule has 0 heterocycles. The highest BCUT2D eigenvalue weighted by atomic mass is 16.5. The molecule has 0 radical (unpaired) electrons. The molecule has 2 N–H and O–H groups in total. The molecule has 1 aromatic rings. The van der Waals surface area contributed by atoms with Gasteiger partial charge < -0.3 is 15.4 Å². The Morgan fingerprint density at radius 3 is 2.32 bits per heavy atom. The van der Waals surface area contributed by atoms with Crippen LogP contribution in [0.25, 0.3) is 0 Å². The van der Waals surface area contributed by atoms with Crippen LogP contribution in [0.3, 0.4) is 0 Å². The third-order valence-electron chi connectivity index (χ3n) is 2.48. The van der Waals surface area contributed by atoms with Crippen LogP contribution in [0.15, 0.2) is 24.3 Å². The third kappa shape index (κ3) is 5.75. The average molecular weight is 264 g/mol. The Morgan fingerprint density at radius 2 is 1.84 bits per heavy atom. The van der Waals surface area contributed by atoms with Gasteiger partial charge in [-0.05, 0) is 52.4 Å². The second-order valence-corrected chi connectivity index (χ2v) is 5.67. The van der Waals surface area contributed by atoms with E-state index in [4.69, 9.17) is 4.74 Å². The largest absolute Gasteiger partial charge is 0.481 e. The Kier molecular flexibility index (Phi) is 5.36. The van der Waals surface area contributed by atoms with E-state index in [-0.39, 0.29) is 11.4 Å². The van der Waals surface area contributed by atoms with E-state index in [1.165, 1.54) is 5.56 Å². The highest BCUT2D eigenvalue weighted by molar-refractivity contribution is 5.81. The number of benzene rings is 1. The lowest BCUT2D eigenvalue weighted by atomic mass is 10.1. The Bertz CT molecular complexity index is 407. The number of carbonyl (C=O) groups excluding carboxylic acids is 1. The summed E-state index contributed by atoms with van der Waals surface area (Å²) >= 11 is 0. The highest BCUT2D eigenvalue weighted by Crippen LogP contribution is 2.14. The number of ether oxygens (including phenoxy) is 1. The zero-order valence-corrected chi connectivity index (χ0v) is 12.4. The Morgan fingerprint density at radius 1 is 1.26 bits per heavy atom. The summed E-state index contributed by atoms with van der Waals surface area (Å²) in [6.07, 6.45) is -0.505. The maximum Gasteiger partial charge on any atom is 0.261 e. The van der Waals surface area contributed by atoms with Crippen LogP contribution in [0.5, 0.6) is 5.75 Å². The Balaban J connectivity index is 2.56. The quantitative estimate of drug-likeness (QED) is 0.856. The number of rotatable bonds is 5. The molecule has 1 atom stereocenters. The number of hydrogen-bond donors (Lipinski definition) is 2. The number of hydrogen-bond acceptors (Lipinski definition) is 3. The van der Waals surface area contributed by atoms with Gasteiger partial charge in [-0.25, -0.2) is 0 Å². The van der Waals surface area contributed by atoms with E-state index in [9.17, 15) is 4.79 Å². The van der Waals surface area contributed by atoms with Crippen LogP contribution in [-0.4, -0.2) is 24.6 Å². The van der Waals surface area contributed by atoms with Gasteiger partial charge in [-0.2, -0.15) is 0 Å². The molecule has 0 fully saturated rings. The van der Waals surface area contributed by atoms with E-state index in [1.807, 2.05) is 52.1 Å². The maximum atomic E-state index is 11.9. The molecule has 0 spiro atoms. The second-order valence-electron chi connectivity index (χ2n) is 5.67. The zero-order chi connectivity index (χ0) is 14.5. The molecule has 4 nitrogen and oxygen atoms in total. The molecule has 0 bridgehead atoms. The first-order chi connectivity index (χ1) is 8.81. The molecule has 0 aliphatic carbocycles. The van der Waals surface area contributed by atoms with Gasteiger partial charge in [0.05, 0.1) is 0 Å². The fourth-order valence-corrected chi connectivity index (χ4v) is 1.62. The summed E-state index contributed by atoms with van der Waals surface area (Å²) in [6.45, 7) is 8.42. The van der Waals surface area contributed by atoms with Crippen molar-refractivity contribution >= 4 is 5.91 Å². The zero-order valence-electron chi connectivity index (χ0n) is 12.4. The average Bonchev–Trinajstić information content (AvgIpc) is 2.29. The van der Waals surface area contributed by atoms with E-state index in [2.05, 4.69) is 10.6 Å². The smallest absolute Gasteiger partial charge is 0.261 e. The summed E-state index contributed by atoms with van der Waals surface area (Å²) in [5.41, 5.74) is 0.937. The number of carbonyl (C=O) groups is 1. The molecule has 4 heteroatoms. The van der Waals surface area contributed by atoms with Crippen molar-refractivity contribution in [1.29, 1.82) is 0 Å². The summed E-state index contributed by atoms with van der Waals surface area (Å²) in [5, 5.41) is 5.98. The van der Waals surface area contributed by atoms with E-state index in [0.717, 1.165) is 6.54 Å². The summed E-state index contributed by atoms with van der Waals surface area (Å²) < 4.78 is 5.62. The lowest BCUT2D eigenvalue weighted by Gasteiger charge is -2.23. The molecule has 1 rings (SSSR count). The topological polar surface area (TPSA) is 50.4 Å². The van der Waals surface area contributed by atoms with Crippen molar-refractivity contribution in [2.24, 2.45) is 0 Å². The van der Waals surface area contributed by atoms with Crippen molar-refractivity contribution < 1.29 is 9.53 Å². The van der Waals surface area contributed by atoms with Gasteiger partial charge in [-0.3, -0.25) is 4.79 Å². The highest BCUT2D eigenvalue weighted by Gasteiger charge is 2.20. The third-order valence-corrected chi connectivity index (χ3v) is 2.48. The SMILES string of the molecule is CNCc1ccc(OC(C)C(=O)NC(C)(C)C)cc1. The second kappa shape index (κ2) is 6.57. The lowest BCUT2D eigenvalue weighted by molar-refractivity contribution is -0.128. The first kappa shape index (κ1) is 15.5. The molecule has 0 saturated heterocycles. The van der Waals surface area contributed by atoms with Crippen LogP contribution in [0, 0.1) is 0 Å². The van der Waals surface area contributed by atoms with E-state index in [0.29, 0.717) is 5.75 Å². The van der Waals surface area contributed by atoms with Crippen molar-refractivity contribution in [3.63, 3.8) is 0 Å². The molecule has 1 aromatic carbocycles. The first-order valence-corrected chi connectivity index (χ1v) is 6.54. The van der Waals surface area contributed by atoms with Gasteiger partial charge in [0.2, 0.25) is 0 Å². The fraction of sp³-hybridized carbons (Fsp3) is 0.533. The van der Waals surface area contributed by atoms with Crippen molar-refractivity contribution in [1.82, 2.24) is 10.6 Å². The van der Waals surface area contributed by atoms with Crippen LogP contribution in [-0.2, 0) is 11.3 Å². The van der Waals surface area contributed by atoms with Gasteiger partial charge in [0.15, 0.2) is 6.10 Å². The van der Waals surface area contributed by atoms with Crippen LogP contribution >= 0.6 is 0 Å². The number of nitrogens with one attached hydrogen (secondary N) is 2. The summed E-state index contributed by atoms with van der Waals surface area (Å²) in [5.74, 6) is 0.600. The normalized spacial score (nSPS) is 12.9. The summed E-state index contributed by atoms with van der Waals surface area (Å²) in [7, 11) is 1.91. The molecule has 0 aliphatic rings. The Hall–Kier alpha value is -1.55. The molecule has 19 heavy (non-hydrogen) atoms. The van der Waals surface area contributed by atoms with Gasteiger partial charge in [0.1, 0.15) is 5.75 Å². The van der Waals surface area contributed by atoms with Gasteiger partial charge >= 0.3 is 0 Å². The molecule has 1 unspecified atom stereocenters. The van der Waals surface area contributed by atoms with Crippen LogP contribution < -0.4 is 15.4 Å². The Labute approximate surface area is 115 Å². The van der Waals surface area contributed by atoms with E-state index >= 15 is 0 Å². The molecular weight excluding hydrogens is 240 g/mol. The van der Waals surface area contributed by atoms with Gasteiger partial charge in [-0.15, -0.1) is 0 Å². The molecule has 0 aromatic heterocycles. The minimum atomic E-state index is -0.505. The number of amides is 1. The van der Waals surface area contributed by atoms with Crippen LogP contribution in [0.2, 0.25) is 0 Å². The molecule has 1 amide bonds. The van der Waals surface area contributed by atoms with Crippen LogP contribution in [0.4, 0.5) is 0 Å². The van der Waals surface area contributed by atoms with Gasteiger partial charge in [-0.1, -0.05) is 12.1 Å². The molecule has 106 valence electrons. The van der Waals surface area contributed by atoms with E-state index in [1.54, 1.807) is 6.92 Å². The van der Waals surface area contributed by atoms with Crippen molar-refractivity contribution in [2.75, 3.05) is 7.05 Å². The van der Waals surface area contributed by atoms with Gasteiger partial charge in [0, 0.05) is 12.1 Å². The maximum absolute atomic E-state index is 11.9.